The van der Waals surface area contributed by atoms with E-state index in [1.54, 1.807) is 24.3 Å². The van der Waals surface area contributed by atoms with E-state index in [0.29, 0.717) is 30.7 Å². The zero-order valence-corrected chi connectivity index (χ0v) is 23.7. The fraction of sp³-hybridized carbons (Fsp3) is 0.0833. The molecule has 190 valence electrons. The molecule has 0 fully saturated rings. The number of anilines is 1. The first kappa shape index (κ1) is 27.0. The van der Waals surface area contributed by atoms with Crippen LogP contribution in [-0.4, -0.2) is 25.2 Å². The number of fused-ring (bicyclic) bond motifs is 1. The Hall–Kier alpha value is -3.00. The van der Waals surface area contributed by atoms with Crippen molar-refractivity contribution >= 4 is 82.8 Å². The number of halogens is 2. The van der Waals surface area contributed by atoms with Gasteiger partial charge in [0, 0.05) is 26.8 Å². The van der Waals surface area contributed by atoms with Gasteiger partial charge in [-0.2, -0.15) is 0 Å². The maximum Gasteiger partial charge on any atom is 0.312 e. The second-order valence-corrected chi connectivity index (χ2v) is 12.5. The maximum atomic E-state index is 13.1. The van der Waals surface area contributed by atoms with E-state index in [2.05, 4.69) is 37.2 Å². The zero-order valence-electron chi connectivity index (χ0n) is 18.9. The van der Waals surface area contributed by atoms with E-state index in [9.17, 15) is 28.1 Å². The Morgan fingerprint density at radius 1 is 1.14 bits per heavy atom. The molecule has 3 aromatic rings. The van der Waals surface area contributed by atoms with Gasteiger partial charge in [-0.05, 0) is 53.6 Å². The van der Waals surface area contributed by atoms with Gasteiger partial charge in [-0.25, -0.2) is 8.42 Å². The van der Waals surface area contributed by atoms with Crippen LogP contribution in [0.1, 0.15) is 18.1 Å². The van der Waals surface area contributed by atoms with Crippen molar-refractivity contribution in [1.29, 1.82) is 0 Å². The second kappa shape index (κ2) is 10.8. The first-order chi connectivity index (χ1) is 17.4. The number of hydrogen-bond donors (Lipinski definition) is 1. The number of hydrogen-bond acceptors (Lipinski definition) is 8. The predicted molar refractivity (Wildman–Crippen MR) is 146 cm³/mol. The highest BCUT2D eigenvalue weighted by Gasteiger charge is 2.26. The summed E-state index contributed by atoms with van der Waals surface area (Å²) in [5.74, 6) is -1.64. The molecule has 0 spiro atoms. The summed E-state index contributed by atoms with van der Waals surface area (Å²) in [7, 11) is -3.73. The van der Waals surface area contributed by atoms with E-state index in [-0.39, 0.29) is 21.3 Å². The van der Waals surface area contributed by atoms with Gasteiger partial charge in [-0.3, -0.25) is 19.7 Å². The molecule has 0 radical (unpaired) electrons. The Morgan fingerprint density at radius 3 is 2.49 bits per heavy atom. The minimum Gasteiger partial charge on any atom is -0.419 e. The Bertz CT molecular complexity index is 1580. The number of ether oxygens (including phenoxy) is 1. The van der Waals surface area contributed by atoms with Crippen molar-refractivity contribution in [3.8, 4) is 5.75 Å². The molecule has 0 atom stereocenters. The maximum absolute atomic E-state index is 13.1. The quantitative estimate of drug-likeness (QED) is 0.110. The van der Waals surface area contributed by atoms with Gasteiger partial charge in [0.05, 0.1) is 26.2 Å². The summed E-state index contributed by atoms with van der Waals surface area (Å²) in [4.78, 5) is 35.6. The summed E-state index contributed by atoms with van der Waals surface area (Å²) < 4.78 is 32.4. The highest BCUT2D eigenvalue weighted by Crippen LogP contribution is 2.41. The highest BCUT2D eigenvalue weighted by molar-refractivity contribution is 9.11. The van der Waals surface area contributed by atoms with Gasteiger partial charge < -0.3 is 10.1 Å². The Labute approximate surface area is 232 Å². The number of nitrogens with one attached hydrogen (secondary N) is 1. The number of carbonyl (C=O) groups excluding carboxylic acids is 2. The van der Waals surface area contributed by atoms with Crippen LogP contribution >= 0.6 is 43.6 Å². The fourth-order valence-corrected chi connectivity index (χ4v) is 7.45. The minimum absolute atomic E-state index is 0.0546. The third-order valence-electron chi connectivity index (χ3n) is 5.13. The number of nitro groups is 1. The number of benzene rings is 3. The van der Waals surface area contributed by atoms with E-state index in [4.69, 9.17) is 4.74 Å². The summed E-state index contributed by atoms with van der Waals surface area (Å²) in [6, 6.07) is 13.7. The molecule has 1 N–H and O–H groups in total. The molecule has 0 saturated carbocycles. The van der Waals surface area contributed by atoms with Crippen LogP contribution in [0.4, 0.5) is 11.4 Å². The lowest BCUT2D eigenvalue weighted by molar-refractivity contribution is -0.385. The number of carbonyl (C=O) groups is 2. The predicted octanol–water partition coefficient (Wildman–Crippen LogP) is 6.10. The Kier molecular flexibility index (Phi) is 7.88. The van der Waals surface area contributed by atoms with Gasteiger partial charge in [0.15, 0.2) is 9.84 Å². The fourth-order valence-electron chi connectivity index (χ4n) is 3.44. The number of nitro benzene ring substituents is 1. The molecule has 0 saturated heterocycles. The lowest BCUT2D eigenvalue weighted by atomic mass is 10.1. The van der Waals surface area contributed by atoms with Crippen LogP contribution in [0.3, 0.4) is 0 Å². The van der Waals surface area contributed by atoms with E-state index in [0.717, 1.165) is 18.7 Å². The second-order valence-electron chi connectivity index (χ2n) is 7.76. The van der Waals surface area contributed by atoms with E-state index in [1.807, 2.05) is 0 Å². The Morgan fingerprint density at radius 2 is 1.84 bits per heavy atom. The molecule has 1 heterocycles. The van der Waals surface area contributed by atoms with Crippen LogP contribution in [0.15, 0.2) is 78.2 Å². The molecule has 0 bridgehead atoms. The Balaban J connectivity index is 1.61. The standard InChI is InChI=1S/C24H16Br2N2O7S2/c1-13(29)35-21-7-5-14(9-20(21)28(31)32)10-23-24(30)27-19-11-15(6-8-22(19)36-23)37(33,34)12-16-17(25)3-2-4-18(16)26/h2-11H,12H2,1H3,(H,27,30). The monoisotopic (exact) mass is 666 g/mol. The van der Waals surface area contributed by atoms with Crippen LogP contribution < -0.4 is 10.1 Å². The number of thioether (sulfide) groups is 1. The van der Waals surface area contributed by atoms with Gasteiger partial charge in [0.1, 0.15) is 0 Å². The van der Waals surface area contributed by atoms with Crippen molar-refractivity contribution in [2.45, 2.75) is 22.5 Å². The van der Waals surface area contributed by atoms with Gasteiger partial charge in [0.25, 0.3) is 5.91 Å². The average molecular weight is 668 g/mol. The number of sulfone groups is 1. The number of nitrogens with zero attached hydrogens (tertiary/aromatic N) is 1. The van der Waals surface area contributed by atoms with Crippen LogP contribution in [0.5, 0.6) is 5.75 Å². The normalized spacial score (nSPS) is 14.1. The molecule has 0 aromatic heterocycles. The molecule has 4 rings (SSSR count). The average Bonchev–Trinajstić information content (AvgIpc) is 2.82. The molecule has 0 unspecified atom stereocenters. The van der Waals surface area contributed by atoms with Crippen LogP contribution in [0, 0.1) is 10.1 Å². The minimum atomic E-state index is -3.73. The molecule has 1 aliphatic rings. The van der Waals surface area contributed by atoms with Crippen molar-refractivity contribution in [2.75, 3.05) is 5.32 Å². The molecular formula is C24H16Br2N2O7S2. The third-order valence-corrected chi connectivity index (χ3v) is 9.36. The summed E-state index contributed by atoms with van der Waals surface area (Å²) in [5.41, 5.74) is 0.855. The van der Waals surface area contributed by atoms with E-state index in [1.165, 1.54) is 36.4 Å². The molecule has 0 aliphatic carbocycles. The van der Waals surface area contributed by atoms with Gasteiger partial charge in [-0.1, -0.05) is 55.8 Å². The van der Waals surface area contributed by atoms with Crippen molar-refractivity contribution in [3.05, 3.63) is 89.7 Å². The third kappa shape index (κ3) is 6.12. The van der Waals surface area contributed by atoms with Gasteiger partial charge in [0.2, 0.25) is 5.75 Å². The van der Waals surface area contributed by atoms with E-state index < -0.39 is 32.3 Å². The smallest absolute Gasteiger partial charge is 0.312 e. The summed E-state index contributed by atoms with van der Waals surface area (Å²) in [5, 5.41) is 14.1. The van der Waals surface area contributed by atoms with Crippen molar-refractivity contribution in [3.63, 3.8) is 0 Å². The number of esters is 1. The van der Waals surface area contributed by atoms with Gasteiger partial charge in [-0.15, -0.1) is 0 Å². The van der Waals surface area contributed by atoms with Crippen LogP contribution in [-0.2, 0) is 25.2 Å². The lowest BCUT2D eigenvalue weighted by Gasteiger charge is -2.19. The molecule has 3 aromatic carbocycles. The first-order valence-corrected chi connectivity index (χ1v) is 14.5. The zero-order chi connectivity index (χ0) is 26.9. The molecule has 37 heavy (non-hydrogen) atoms. The molecule has 13 heteroatoms. The van der Waals surface area contributed by atoms with Crippen molar-refractivity contribution in [2.24, 2.45) is 0 Å². The van der Waals surface area contributed by atoms with Crippen molar-refractivity contribution in [1.82, 2.24) is 0 Å². The molecule has 9 nitrogen and oxygen atoms in total. The SMILES string of the molecule is CC(=O)Oc1ccc(C=C2Sc3ccc(S(=O)(=O)Cc4c(Br)cccc4Br)cc3NC2=O)cc1[N+](=O)[O-]. The summed E-state index contributed by atoms with van der Waals surface area (Å²) in [6.45, 7) is 1.14. The highest BCUT2D eigenvalue weighted by atomic mass is 79.9. The number of rotatable bonds is 6. The summed E-state index contributed by atoms with van der Waals surface area (Å²) in [6.07, 6.45) is 1.46. The van der Waals surface area contributed by atoms with Crippen molar-refractivity contribution < 1.29 is 27.7 Å². The first-order valence-electron chi connectivity index (χ1n) is 10.4. The van der Waals surface area contributed by atoms with Crippen LogP contribution in [0.2, 0.25) is 0 Å². The lowest BCUT2D eigenvalue weighted by Crippen LogP contribution is -2.18. The summed E-state index contributed by atoms with van der Waals surface area (Å²) >= 11 is 7.86. The molecule has 1 aliphatic heterocycles. The number of amides is 1. The van der Waals surface area contributed by atoms with E-state index >= 15 is 0 Å². The molecule has 1 amide bonds. The van der Waals surface area contributed by atoms with Crippen LogP contribution in [0.25, 0.3) is 6.08 Å². The molecular weight excluding hydrogens is 652 g/mol. The topological polar surface area (TPSA) is 133 Å². The van der Waals surface area contributed by atoms with Gasteiger partial charge >= 0.3 is 11.7 Å². The largest absolute Gasteiger partial charge is 0.419 e.